The Kier molecular flexibility index (Phi) is 5.32. The van der Waals surface area contributed by atoms with E-state index in [2.05, 4.69) is 30.5 Å². The molecule has 0 saturated heterocycles. The molecule has 0 bridgehead atoms. The van der Waals surface area contributed by atoms with E-state index in [1.807, 2.05) is 23.1 Å². The predicted octanol–water partition coefficient (Wildman–Crippen LogP) is 3.71. The second-order valence-electron chi connectivity index (χ2n) is 4.77. The van der Waals surface area contributed by atoms with E-state index in [0.29, 0.717) is 6.54 Å². The summed E-state index contributed by atoms with van der Waals surface area (Å²) in [4.78, 5) is 14.0. The van der Waals surface area contributed by atoms with Crippen molar-refractivity contribution in [3.8, 4) is 11.1 Å². The highest BCUT2D eigenvalue weighted by atomic mass is 32.1. The Bertz CT molecular complexity index is 551. The molecular formula is C16H19NO2S. The number of nitrogens with zero attached hydrogens (tertiary/aromatic N) is 1. The molecule has 2 aromatic rings. The van der Waals surface area contributed by atoms with Gasteiger partial charge in [-0.1, -0.05) is 37.3 Å². The van der Waals surface area contributed by atoms with Crippen LogP contribution in [0.15, 0.2) is 41.8 Å². The van der Waals surface area contributed by atoms with Crippen molar-refractivity contribution in [2.45, 2.75) is 19.9 Å². The molecule has 0 saturated carbocycles. The Hall–Kier alpha value is -1.65. The van der Waals surface area contributed by atoms with Gasteiger partial charge in [-0.05, 0) is 35.5 Å². The maximum absolute atomic E-state index is 10.9. The Balaban J connectivity index is 2.06. The van der Waals surface area contributed by atoms with Gasteiger partial charge >= 0.3 is 5.97 Å². The van der Waals surface area contributed by atoms with E-state index in [1.165, 1.54) is 16.0 Å². The number of thiophene rings is 1. The lowest BCUT2D eigenvalue weighted by molar-refractivity contribution is -0.138. The van der Waals surface area contributed by atoms with Crippen LogP contribution in [0.3, 0.4) is 0 Å². The lowest BCUT2D eigenvalue weighted by Gasteiger charge is -2.18. The predicted molar refractivity (Wildman–Crippen MR) is 83.0 cm³/mol. The van der Waals surface area contributed by atoms with E-state index in [9.17, 15) is 4.79 Å². The first-order valence-corrected chi connectivity index (χ1v) is 7.64. The van der Waals surface area contributed by atoms with Gasteiger partial charge in [-0.3, -0.25) is 9.69 Å². The number of carbonyl (C=O) groups is 1. The molecular weight excluding hydrogens is 270 g/mol. The summed E-state index contributed by atoms with van der Waals surface area (Å²) in [5.74, 6) is -0.765. The highest BCUT2D eigenvalue weighted by molar-refractivity contribution is 7.10. The van der Waals surface area contributed by atoms with Crippen molar-refractivity contribution >= 4 is 17.3 Å². The molecule has 0 unspecified atom stereocenters. The molecule has 2 rings (SSSR count). The average Bonchev–Trinajstić information content (AvgIpc) is 2.88. The molecule has 0 spiro atoms. The third-order valence-corrected chi connectivity index (χ3v) is 3.96. The van der Waals surface area contributed by atoms with Crippen LogP contribution in [0, 0.1) is 0 Å². The minimum atomic E-state index is -0.765. The molecule has 4 heteroatoms. The molecule has 0 aliphatic rings. The van der Waals surface area contributed by atoms with Gasteiger partial charge in [0.1, 0.15) is 0 Å². The van der Waals surface area contributed by atoms with Crippen LogP contribution < -0.4 is 0 Å². The maximum atomic E-state index is 10.9. The smallest absolute Gasteiger partial charge is 0.317 e. The third-order valence-electron chi connectivity index (χ3n) is 3.04. The summed E-state index contributed by atoms with van der Waals surface area (Å²) >= 11 is 1.69. The molecule has 0 fully saturated rings. The average molecular weight is 289 g/mol. The van der Waals surface area contributed by atoms with E-state index in [4.69, 9.17) is 5.11 Å². The number of rotatable bonds is 7. The fourth-order valence-electron chi connectivity index (χ4n) is 2.19. The van der Waals surface area contributed by atoms with Gasteiger partial charge in [0.2, 0.25) is 0 Å². The second kappa shape index (κ2) is 7.22. The summed E-state index contributed by atoms with van der Waals surface area (Å²) in [6.07, 6.45) is 0.962. The zero-order chi connectivity index (χ0) is 14.4. The van der Waals surface area contributed by atoms with Crippen molar-refractivity contribution in [1.29, 1.82) is 0 Å². The second-order valence-corrected chi connectivity index (χ2v) is 5.77. The lowest BCUT2D eigenvalue weighted by Crippen LogP contribution is -2.29. The fraction of sp³-hybridized carbons (Fsp3) is 0.312. The zero-order valence-electron chi connectivity index (χ0n) is 11.6. The van der Waals surface area contributed by atoms with Crippen molar-refractivity contribution in [3.63, 3.8) is 0 Å². The molecule has 106 valence electrons. The van der Waals surface area contributed by atoms with E-state index in [-0.39, 0.29) is 6.54 Å². The minimum Gasteiger partial charge on any atom is -0.480 e. The van der Waals surface area contributed by atoms with Crippen molar-refractivity contribution in [2.75, 3.05) is 13.1 Å². The molecule has 3 nitrogen and oxygen atoms in total. The third kappa shape index (κ3) is 4.18. The molecule has 1 aromatic carbocycles. The Morgan fingerprint density at radius 1 is 1.25 bits per heavy atom. The highest BCUT2D eigenvalue weighted by Gasteiger charge is 2.11. The molecule has 1 heterocycles. The van der Waals surface area contributed by atoms with Crippen LogP contribution in [0.2, 0.25) is 0 Å². The molecule has 1 aromatic heterocycles. The molecule has 0 aliphatic heterocycles. The van der Waals surface area contributed by atoms with Crippen LogP contribution in [0.4, 0.5) is 0 Å². The van der Waals surface area contributed by atoms with E-state index < -0.39 is 5.97 Å². The van der Waals surface area contributed by atoms with Gasteiger partial charge in [-0.15, -0.1) is 11.3 Å². The number of carboxylic acids is 1. The quantitative estimate of drug-likeness (QED) is 0.844. The summed E-state index contributed by atoms with van der Waals surface area (Å²) in [7, 11) is 0. The van der Waals surface area contributed by atoms with Gasteiger partial charge in [0.15, 0.2) is 0 Å². The summed E-state index contributed by atoms with van der Waals surface area (Å²) in [6.45, 7) is 3.69. The normalized spacial score (nSPS) is 10.9. The van der Waals surface area contributed by atoms with Gasteiger partial charge in [-0.25, -0.2) is 0 Å². The number of carboxylic acid groups (broad SMARTS) is 1. The summed E-state index contributed by atoms with van der Waals surface area (Å²) in [5, 5.41) is 11.1. The summed E-state index contributed by atoms with van der Waals surface area (Å²) in [5.41, 5.74) is 2.41. The first kappa shape index (κ1) is 14.8. The van der Waals surface area contributed by atoms with Crippen LogP contribution in [0.5, 0.6) is 0 Å². The first-order chi connectivity index (χ1) is 9.69. The highest BCUT2D eigenvalue weighted by Crippen LogP contribution is 2.26. The van der Waals surface area contributed by atoms with Crippen molar-refractivity contribution < 1.29 is 9.90 Å². The van der Waals surface area contributed by atoms with Gasteiger partial charge in [0.05, 0.1) is 6.54 Å². The SMILES string of the molecule is CCCN(CC(=O)O)Cc1cc(-c2ccccc2)cs1. The Morgan fingerprint density at radius 3 is 2.65 bits per heavy atom. The number of hydrogen-bond donors (Lipinski definition) is 1. The minimum absolute atomic E-state index is 0.104. The van der Waals surface area contributed by atoms with E-state index >= 15 is 0 Å². The molecule has 0 amide bonds. The zero-order valence-corrected chi connectivity index (χ0v) is 12.4. The monoisotopic (exact) mass is 289 g/mol. The van der Waals surface area contributed by atoms with Gasteiger partial charge in [0.25, 0.3) is 0 Å². The first-order valence-electron chi connectivity index (χ1n) is 6.76. The standard InChI is InChI=1S/C16H19NO2S/c1-2-8-17(11-16(18)19)10-15-9-14(12-20-15)13-6-4-3-5-7-13/h3-7,9,12H,2,8,10-11H2,1H3,(H,18,19). The molecule has 0 radical (unpaired) electrons. The number of hydrogen-bond acceptors (Lipinski definition) is 3. The van der Waals surface area contributed by atoms with Crippen molar-refractivity contribution in [2.24, 2.45) is 0 Å². The Labute approximate surface area is 123 Å². The van der Waals surface area contributed by atoms with Crippen molar-refractivity contribution in [3.05, 3.63) is 46.7 Å². The van der Waals surface area contributed by atoms with E-state index in [1.54, 1.807) is 11.3 Å². The van der Waals surface area contributed by atoms with Gasteiger partial charge in [-0.2, -0.15) is 0 Å². The van der Waals surface area contributed by atoms with Crippen molar-refractivity contribution in [1.82, 2.24) is 4.90 Å². The maximum Gasteiger partial charge on any atom is 0.317 e. The molecule has 0 atom stereocenters. The topological polar surface area (TPSA) is 40.5 Å². The largest absolute Gasteiger partial charge is 0.480 e. The number of aliphatic carboxylic acids is 1. The van der Waals surface area contributed by atoms with Crippen LogP contribution in [-0.2, 0) is 11.3 Å². The van der Waals surface area contributed by atoms with Crippen LogP contribution >= 0.6 is 11.3 Å². The van der Waals surface area contributed by atoms with E-state index in [0.717, 1.165) is 13.0 Å². The fourth-order valence-corrected chi connectivity index (χ4v) is 3.12. The van der Waals surface area contributed by atoms with Crippen LogP contribution in [0.25, 0.3) is 11.1 Å². The van der Waals surface area contributed by atoms with Crippen LogP contribution in [-0.4, -0.2) is 29.1 Å². The molecule has 1 N–H and O–H groups in total. The Morgan fingerprint density at radius 2 is 2.00 bits per heavy atom. The lowest BCUT2D eigenvalue weighted by atomic mass is 10.1. The number of benzene rings is 1. The van der Waals surface area contributed by atoms with Gasteiger partial charge < -0.3 is 5.11 Å². The van der Waals surface area contributed by atoms with Crippen LogP contribution in [0.1, 0.15) is 18.2 Å². The molecule has 0 aliphatic carbocycles. The molecule has 20 heavy (non-hydrogen) atoms. The summed E-state index contributed by atoms with van der Waals surface area (Å²) in [6, 6.07) is 12.4. The summed E-state index contributed by atoms with van der Waals surface area (Å²) < 4.78 is 0. The van der Waals surface area contributed by atoms with Gasteiger partial charge in [0, 0.05) is 11.4 Å².